The molecule has 1 aromatic carbocycles. The van der Waals surface area contributed by atoms with Crippen molar-refractivity contribution in [3.63, 3.8) is 0 Å². The number of ether oxygens (including phenoxy) is 1. The van der Waals surface area contributed by atoms with Crippen LogP contribution < -0.4 is 10.1 Å². The largest absolute Gasteiger partial charge is 0.497 e. The molecule has 2 unspecified atom stereocenters. The van der Waals surface area contributed by atoms with Crippen molar-refractivity contribution in [3.05, 3.63) is 29.8 Å². The molecule has 0 bridgehead atoms. The Hall–Kier alpha value is -1.22. The topological polar surface area (TPSA) is 38.3 Å². The molecule has 116 valence electrons. The first-order valence-corrected chi connectivity index (χ1v) is 8.10. The van der Waals surface area contributed by atoms with E-state index < -0.39 is 0 Å². The number of hydrogen-bond acceptors (Lipinski definition) is 2. The average molecular weight is 310 g/mol. The summed E-state index contributed by atoms with van der Waals surface area (Å²) in [5.41, 5.74) is 0.732. The van der Waals surface area contributed by atoms with E-state index in [1.165, 1.54) is 6.42 Å². The molecule has 1 saturated carbocycles. The van der Waals surface area contributed by atoms with Gasteiger partial charge in [0.2, 0.25) is 5.91 Å². The van der Waals surface area contributed by atoms with Gasteiger partial charge in [-0.05, 0) is 36.5 Å². The van der Waals surface area contributed by atoms with Crippen molar-refractivity contribution in [1.82, 2.24) is 5.32 Å². The van der Waals surface area contributed by atoms with E-state index in [1.807, 2.05) is 24.3 Å². The van der Waals surface area contributed by atoms with E-state index in [2.05, 4.69) is 12.2 Å². The highest BCUT2D eigenvalue weighted by Gasteiger charge is 2.35. The van der Waals surface area contributed by atoms with Crippen LogP contribution in [0.4, 0.5) is 0 Å². The Labute approximate surface area is 132 Å². The number of amides is 1. The lowest BCUT2D eigenvalue weighted by Crippen LogP contribution is -2.53. The molecule has 2 rings (SSSR count). The van der Waals surface area contributed by atoms with Gasteiger partial charge in [0.15, 0.2) is 0 Å². The number of halogens is 1. The standard InChI is InChI=1S/C17H24ClNO2/c1-13-5-4-8-17(11-13,12-18)19-16(20)10-14-6-3-7-15(9-14)21-2/h3,6-7,9,13H,4-5,8,10-12H2,1-2H3,(H,19,20). The smallest absolute Gasteiger partial charge is 0.224 e. The van der Waals surface area contributed by atoms with Crippen molar-refractivity contribution in [2.24, 2.45) is 5.92 Å². The minimum absolute atomic E-state index is 0.0398. The van der Waals surface area contributed by atoms with Gasteiger partial charge in [-0.1, -0.05) is 31.9 Å². The van der Waals surface area contributed by atoms with E-state index in [4.69, 9.17) is 16.3 Å². The van der Waals surface area contributed by atoms with Crippen LogP contribution in [0.2, 0.25) is 0 Å². The molecule has 0 aromatic heterocycles. The number of carbonyl (C=O) groups excluding carboxylic acids is 1. The number of hydrogen-bond donors (Lipinski definition) is 1. The summed E-state index contributed by atoms with van der Waals surface area (Å²) >= 11 is 6.16. The predicted octanol–water partition coefficient (Wildman–Crippen LogP) is 3.54. The maximum Gasteiger partial charge on any atom is 0.224 e. The third-order valence-electron chi connectivity index (χ3n) is 4.25. The van der Waals surface area contributed by atoms with Gasteiger partial charge in [0, 0.05) is 5.88 Å². The molecule has 4 heteroatoms. The molecule has 0 heterocycles. The van der Waals surface area contributed by atoms with Crippen LogP contribution in [0.3, 0.4) is 0 Å². The number of benzene rings is 1. The lowest BCUT2D eigenvalue weighted by molar-refractivity contribution is -0.122. The summed E-state index contributed by atoms with van der Waals surface area (Å²) in [6, 6.07) is 7.63. The van der Waals surface area contributed by atoms with Crippen molar-refractivity contribution < 1.29 is 9.53 Å². The van der Waals surface area contributed by atoms with Crippen LogP contribution in [0.25, 0.3) is 0 Å². The molecule has 0 aliphatic heterocycles. The zero-order valence-corrected chi connectivity index (χ0v) is 13.6. The highest BCUT2D eigenvalue weighted by Crippen LogP contribution is 2.33. The monoisotopic (exact) mass is 309 g/mol. The normalized spacial score (nSPS) is 25.4. The Morgan fingerprint density at radius 1 is 1.52 bits per heavy atom. The zero-order valence-electron chi connectivity index (χ0n) is 12.8. The minimum atomic E-state index is -0.227. The maximum absolute atomic E-state index is 12.3. The van der Waals surface area contributed by atoms with Gasteiger partial charge in [-0.15, -0.1) is 11.6 Å². The second kappa shape index (κ2) is 7.17. The fourth-order valence-corrected chi connectivity index (χ4v) is 3.55. The van der Waals surface area contributed by atoms with E-state index in [0.717, 1.165) is 30.6 Å². The molecule has 1 aliphatic carbocycles. The molecule has 0 spiro atoms. The molecule has 2 atom stereocenters. The molecule has 1 amide bonds. The number of methoxy groups -OCH3 is 1. The summed E-state index contributed by atoms with van der Waals surface area (Å²) in [4.78, 5) is 12.3. The van der Waals surface area contributed by atoms with Crippen molar-refractivity contribution >= 4 is 17.5 Å². The molecule has 1 aromatic rings. The molecule has 0 saturated heterocycles. The molecule has 1 aliphatic rings. The molecule has 0 radical (unpaired) electrons. The van der Waals surface area contributed by atoms with Gasteiger partial charge in [-0.2, -0.15) is 0 Å². The number of alkyl halides is 1. The van der Waals surface area contributed by atoms with E-state index in [1.54, 1.807) is 7.11 Å². The molecule has 1 N–H and O–H groups in total. The second-order valence-corrected chi connectivity index (χ2v) is 6.46. The van der Waals surface area contributed by atoms with Crippen molar-refractivity contribution in [1.29, 1.82) is 0 Å². The minimum Gasteiger partial charge on any atom is -0.497 e. The van der Waals surface area contributed by atoms with Crippen molar-refractivity contribution in [3.8, 4) is 5.75 Å². The van der Waals surface area contributed by atoms with Crippen LogP contribution in [0, 0.1) is 5.92 Å². The van der Waals surface area contributed by atoms with Gasteiger partial charge >= 0.3 is 0 Å². The first kappa shape index (κ1) is 16.2. The van der Waals surface area contributed by atoms with Crippen LogP contribution >= 0.6 is 11.6 Å². The second-order valence-electron chi connectivity index (χ2n) is 6.19. The quantitative estimate of drug-likeness (QED) is 0.845. The van der Waals surface area contributed by atoms with E-state index in [0.29, 0.717) is 18.2 Å². The Morgan fingerprint density at radius 3 is 3.00 bits per heavy atom. The van der Waals surface area contributed by atoms with Gasteiger partial charge in [0.05, 0.1) is 19.1 Å². The van der Waals surface area contributed by atoms with Crippen molar-refractivity contribution in [2.75, 3.05) is 13.0 Å². The van der Waals surface area contributed by atoms with Gasteiger partial charge in [0.25, 0.3) is 0 Å². The molecular weight excluding hydrogens is 286 g/mol. The van der Waals surface area contributed by atoms with Gasteiger partial charge in [-0.25, -0.2) is 0 Å². The Balaban J connectivity index is 1.99. The summed E-state index contributed by atoms with van der Waals surface area (Å²) in [5.74, 6) is 1.92. The number of nitrogens with one attached hydrogen (secondary N) is 1. The molecule has 1 fully saturated rings. The predicted molar refractivity (Wildman–Crippen MR) is 85.9 cm³/mol. The zero-order chi connectivity index (χ0) is 15.3. The van der Waals surface area contributed by atoms with Crippen LogP contribution in [0.1, 0.15) is 38.2 Å². The third kappa shape index (κ3) is 4.37. The first-order valence-electron chi connectivity index (χ1n) is 7.57. The SMILES string of the molecule is COc1cccc(CC(=O)NC2(CCl)CCCC(C)C2)c1. The lowest BCUT2D eigenvalue weighted by Gasteiger charge is -2.39. The fraction of sp³-hybridized carbons (Fsp3) is 0.588. The Morgan fingerprint density at radius 2 is 2.33 bits per heavy atom. The van der Waals surface area contributed by atoms with E-state index >= 15 is 0 Å². The summed E-state index contributed by atoms with van der Waals surface area (Å²) in [6.07, 6.45) is 4.67. The van der Waals surface area contributed by atoms with Crippen LogP contribution in [-0.4, -0.2) is 24.4 Å². The third-order valence-corrected chi connectivity index (χ3v) is 4.76. The Kier molecular flexibility index (Phi) is 5.51. The summed E-state index contributed by atoms with van der Waals surface area (Å²) in [6.45, 7) is 2.23. The summed E-state index contributed by atoms with van der Waals surface area (Å²) < 4.78 is 5.19. The van der Waals surface area contributed by atoms with Crippen LogP contribution in [0.15, 0.2) is 24.3 Å². The molecular formula is C17H24ClNO2. The highest BCUT2D eigenvalue weighted by molar-refractivity contribution is 6.18. The van der Waals surface area contributed by atoms with Crippen LogP contribution in [-0.2, 0) is 11.2 Å². The highest BCUT2D eigenvalue weighted by atomic mass is 35.5. The molecule has 21 heavy (non-hydrogen) atoms. The summed E-state index contributed by atoms with van der Waals surface area (Å²) in [5, 5.41) is 3.19. The summed E-state index contributed by atoms with van der Waals surface area (Å²) in [7, 11) is 1.63. The van der Waals surface area contributed by atoms with Gasteiger partial charge < -0.3 is 10.1 Å². The fourth-order valence-electron chi connectivity index (χ4n) is 3.24. The van der Waals surface area contributed by atoms with E-state index in [-0.39, 0.29) is 11.4 Å². The van der Waals surface area contributed by atoms with Gasteiger partial charge in [0.1, 0.15) is 5.75 Å². The first-order chi connectivity index (χ1) is 10.1. The maximum atomic E-state index is 12.3. The number of carbonyl (C=O) groups is 1. The van der Waals surface area contributed by atoms with Crippen LogP contribution in [0.5, 0.6) is 5.75 Å². The van der Waals surface area contributed by atoms with E-state index in [9.17, 15) is 4.79 Å². The lowest BCUT2D eigenvalue weighted by atomic mass is 9.77. The molecule has 3 nitrogen and oxygen atoms in total. The van der Waals surface area contributed by atoms with Crippen molar-refractivity contribution in [2.45, 2.75) is 44.6 Å². The average Bonchev–Trinajstić information content (AvgIpc) is 2.47. The number of rotatable bonds is 5. The van der Waals surface area contributed by atoms with Gasteiger partial charge in [-0.3, -0.25) is 4.79 Å². The Bertz CT molecular complexity index is 491.